The SMILES string of the molecule is CC1CCCC(N)C1C(=O)N(C)CC(=O)N(C)C. The second kappa shape index (κ2) is 6.18. The van der Waals surface area contributed by atoms with Gasteiger partial charge in [-0.2, -0.15) is 0 Å². The van der Waals surface area contributed by atoms with Crippen molar-refractivity contribution in [2.75, 3.05) is 27.7 Å². The van der Waals surface area contributed by atoms with Crippen molar-refractivity contribution in [3.05, 3.63) is 0 Å². The summed E-state index contributed by atoms with van der Waals surface area (Å²) in [6.07, 6.45) is 3.03. The molecule has 18 heavy (non-hydrogen) atoms. The van der Waals surface area contributed by atoms with Gasteiger partial charge in [0, 0.05) is 27.2 Å². The summed E-state index contributed by atoms with van der Waals surface area (Å²) in [7, 11) is 5.06. The molecule has 3 unspecified atom stereocenters. The number of nitrogens with zero attached hydrogens (tertiary/aromatic N) is 2. The average Bonchev–Trinajstić information content (AvgIpc) is 2.28. The van der Waals surface area contributed by atoms with Gasteiger partial charge in [0.15, 0.2) is 0 Å². The van der Waals surface area contributed by atoms with Crippen LogP contribution < -0.4 is 5.73 Å². The minimum absolute atomic E-state index is 0.00454. The molecule has 1 aliphatic rings. The van der Waals surface area contributed by atoms with Gasteiger partial charge < -0.3 is 15.5 Å². The van der Waals surface area contributed by atoms with Crippen molar-refractivity contribution in [2.24, 2.45) is 17.6 Å². The monoisotopic (exact) mass is 255 g/mol. The minimum atomic E-state index is -0.140. The summed E-state index contributed by atoms with van der Waals surface area (Å²) in [5, 5.41) is 0. The van der Waals surface area contributed by atoms with Gasteiger partial charge >= 0.3 is 0 Å². The van der Waals surface area contributed by atoms with E-state index in [1.807, 2.05) is 0 Å². The Balaban J connectivity index is 2.64. The van der Waals surface area contributed by atoms with Crippen LogP contribution in [0, 0.1) is 11.8 Å². The van der Waals surface area contributed by atoms with Crippen LogP contribution in [0.2, 0.25) is 0 Å². The number of carbonyl (C=O) groups is 2. The highest BCUT2D eigenvalue weighted by Crippen LogP contribution is 2.30. The molecule has 1 saturated carbocycles. The van der Waals surface area contributed by atoms with E-state index in [9.17, 15) is 9.59 Å². The molecule has 0 spiro atoms. The number of rotatable bonds is 3. The van der Waals surface area contributed by atoms with Gasteiger partial charge in [0.25, 0.3) is 0 Å². The van der Waals surface area contributed by atoms with Crippen LogP contribution in [-0.4, -0.2) is 55.3 Å². The zero-order valence-electron chi connectivity index (χ0n) is 11.8. The zero-order valence-corrected chi connectivity index (χ0v) is 11.8. The van der Waals surface area contributed by atoms with Crippen LogP contribution >= 0.6 is 0 Å². The second-order valence-electron chi connectivity index (χ2n) is 5.58. The molecule has 2 N–H and O–H groups in total. The van der Waals surface area contributed by atoms with E-state index in [1.54, 1.807) is 21.1 Å². The van der Waals surface area contributed by atoms with Crippen LogP contribution in [0.4, 0.5) is 0 Å². The van der Waals surface area contributed by atoms with Crippen LogP contribution in [0.15, 0.2) is 0 Å². The molecule has 0 aromatic rings. The molecule has 1 fully saturated rings. The first-order valence-corrected chi connectivity index (χ1v) is 6.55. The number of hydrogen-bond donors (Lipinski definition) is 1. The zero-order chi connectivity index (χ0) is 13.9. The molecular formula is C13H25N3O2. The molecule has 2 amide bonds. The fourth-order valence-electron chi connectivity index (χ4n) is 2.56. The minimum Gasteiger partial charge on any atom is -0.347 e. The summed E-state index contributed by atoms with van der Waals surface area (Å²) < 4.78 is 0. The lowest BCUT2D eigenvalue weighted by atomic mass is 9.76. The molecule has 3 atom stereocenters. The van der Waals surface area contributed by atoms with Crippen molar-refractivity contribution < 1.29 is 9.59 Å². The maximum absolute atomic E-state index is 12.4. The van der Waals surface area contributed by atoms with Crippen molar-refractivity contribution >= 4 is 11.8 Å². The van der Waals surface area contributed by atoms with Crippen LogP contribution in [0.5, 0.6) is 0 Å². The topological polar surface area (TPSA) is 66.6 Å². The van der Waals surface area contributed by atoms with E-state index in [2.05, 4.69) is 6.92 Å². The third kappa shape index (κ3) is 3.45. The van der Waals surface area contributed by atoms with Crippen molar-refractivity contribution in [3.63, 3.8) is 0 Å². The van der Waals surface area contributed by atoms with Gasteiger partial charge in [0.1, 0.15) is 0 Å². The van der Waals surface area contributed by atoms with Gasteiger partial charge in [-0.15, -0.1) is 0 Å². The second-order valence-corrected chi connectivity index (χ2v) is 5.58. The summed E-state index contributed by atoms with van der Waals surface area (Å²) in [5.41, 5.74) is 6.06. The third-order valence-corrected chi connectivity index (χ3v) is 3.80. The highest BCUT2D eigenvalue weighted by atomic mass is 16.2. The fraction of sp³-hybridized carbons (Fsp3) is 0.846. The van der Waals surface area contributed by atoms with E-state index < -0.39 is 0 Å². The number of carbonyl (C=O) groups excluding carboxylic acids is 2. The molecule has 0 heterocycles. The summed E-state index contributed by atoms with van der Waals surface area (Å²) >= 11 is 0. The maximum atomic E-state index is 12.4. The van der Waals surface area contributed by atoms with Crippen LogP contribution in [0.3, 0.4) is 0 Å². The molecule has 104 valence electrons. The Kier molecular flexibility index (Phi) is 5.14. The predicted octanol–water partition coefficient (Wildman–Crippen LogP) is 0.297. The lowest BCUT2D eigenvalue weighted by Crippen LogP contribution is -2.49. The third-order valence-electron chi connectivity index (χ3n) is 3.80. The van der Waals surface area contributed by atoms with Crippen molar-refractivity contribution in [3.8, 4) is 0 Å². The van der Waals surface area contributed by atoms with Crippen LogP contribution in [0.25, 0.3) is 0 Å². The van der Waals surface area contributed by atoms with E-state index in [1.165, 1.54) is 9.80 Å². The molecule has 5 nitrogen and oxygen atoms in total. The summed E-state index contributed by atoms with van der Waals surface area (Å²) in [6.45, 7) is 2.20. The molecule has 0 aromatic carbocycles. The van der Waals surface area contributed by atoms with Gasteiger partial charge in [0.05, 0.1) is 12.5 Å². The molecule has 1 rings (SSSR count). The largest absolute Gasteiger partial charge is 0.347 e. The van der Waals surface area contributed by atoms with Crippen LogP contribution in [-0.2, 0) is 9.59 Å². The Morgan fingerprint density at radius 3 is 2.33 bits per heavy atom. The Hall–Kier alpha value is -1.10. The number of likely N-dealkylation sites (N-methyl/N-ethyl adjacent to an activating group) is 2. The summed E-state index contributed by atoms with van der Waals surface area (Å²) in [6, 6.07) is -0.0711. The van der Waals surface area contributed by atoms with E-state index >= 15 is 0 Å². The van der Waals surface area contributed by atoms with E-state index in [-0.39, 0.29) is 30.3 Å². The summed E-state index contributed by atoms with van der Waals surface area (Å²) in [4.78, 5) is 27.0. The maximum Gasteiger partial charge on any atom is 0.241 e. The Bertz CT molecular complexity index is 307. The normalized spacial score (nSPS) is 27.7. The van der Waals surface area contributed by atoms with Crippen molar-refractivity contribution in [1.29, 1.82) is 0 Å². The predicted molar refractivity (Wildman–Crippen MR) is 70.8 cm³/mol. The van der Waals surface area contributed by atoms with Crippen molar-refractivity contribution in [1.82, 2.24) is 9.80 Å². The lowest BCUT2D eigenvalue weighted by Gasteiger charge is -2.35. The van der Waals surface area contributed by atoms with E-state index in [0.717, 1.165) is 19.3 Å². The smallest absolute Gasteiger partial charge is 0.241 e. The average molecular weight is 255 g/mol. The van der Waals surface area contributed by atoms with Gasteiger partial charge in [0.2, 0.25) is 11.8 Å². The quantitative estimate of drug-likeness (QED) is 0.788. The van der Waals surface area contributed by atoms with Crippen molar-refractivity contribution in [2.45, 2.75) is 32.2 Å². The molecule has 0 aromatic heterocycles. The van der Waals surface area contributed by atoms with Gasteiger partial charge in [-0.25, -0.2) is 0 Å². The highest BCUT2D eigenvalue weighted by molar-refractivity contribution is 5.86. The standard InChI is InChI=1S/C13H25N3O2/c1-9-6-5-7-10(14)12(9)13(18)16(4)8-11(17)15(2)3/h9-10,12H,5-8,14H2,1-4H3. The number of amides is 2. The van der Waals surface area contributed by atoms with E-state index in [4.69, 9.17) is 5.73 Å². The number of hydrogen-bond acceptors (Lipinski definition) is 3. The molecule has 0 bridgehead atoms. The first-order valence-electron chi connectivity index (χ1n) is 6.55. The van der Waals surface area contributed by atoms with E-state index in [0.29, 0.717) is 5.92 Å². The summed E-state index contributed by atoms with van der Waals surface area (Å²) in [5.74, 6) is 0.102. The number of nitrogens with two attached hydrogens (primary N) is 1. The first kappa shape index (κ1) is 15.0. The van der Waals surface area contributed by atoms with Gasteiger partial charge in [-0.3, -0.25) is 9.59 Å². The van der Waals surface area contributed by atoms with Crippen LogP contribution in [0.1, 0.15) is 26.2 Å². The first-order chi connectivity index (χ1) is 8.34. The van der Waals surface area contributed by atoms with Gasteiger partial charge in [-0.05, 0) is 18.8 Å². The Labute approximate surface area is 109 Å². The Morgan fingerprint density at radius 2 is 1.83 bits per heavy atom. The molecule has 5 heteroatoms. The molecule has 0 radical (unpaired) electrons. The molecule has 0 aliphatic heterocycles. The highest BCUT2D eigenvalue weighted by Gasteiger charge is 2.35. The lowest BCUT2D eigenvalue weighted by molar-refractivity contribution is -0.143. The Morgan fingerprint density at radius 1 is 1.22 bits per heavy atom. The molecular weight excluding hydrogens is 230 g/mol. The van der Waals surface area contributed by atoms with Gasteiger partial charge in [-0.1, -0.05) is 13.3 Å². The molecule has 1 aliphatic carbocycles. The fourth-order valence-corrected chi connectivity index (χ4v) is 2.56. The molecule has 0 saturated heterocycles.